The molecule has 1 rings (SSSR count). The highest BCUT2D eigenvalue weighted by Gasteiger charge is 2.10. The van der Waals surface area contributed by atoms with Crippen LogP contribution in [-0.4, -0.2) is 30.2 Å². The van der Waals surface area contributed by atoms with Gasteiger partial charge in [-0.2, -0.15) is 5.10 Å². The molecule has 0 aliphatic rings. The van der Waals surface area contributed by atoms with Gasteiger partial charge in [-0.3, -0.25) is 4.90 Å². The van der Waals surface area contributed by atoms with Gasteiger partial charge in [0.1, 0.15) is 0 Å². The molecule has 0 aliphatic carbocycles. The van der Waals surface area contributed by atoms with Gasteiger partial charge in [-0.15, -0.1) is 5.10 Å². The summed E-state index contributed by atoms with van der Waals surface area (Å²) in [7, 11) is 0. The molecule has 0 saturated heterocycles. The molecule has 0 aliphatic heterocycles. The van der Waals surface area contributed by atoms with Crippen molar-refractivity contribution in [3.63, 3.8) is 0 Å². The van der Waals surface area contributed by atoms with E-state index in [9.17, 15) is 0 Å². The molecular weight excluding hydrogens is 274 g/mol. The first-order chi connectivity index (χ1) is 10.4. The maximum Gasteiger partial charge on any atom is 0.211 e. The fourth-order valence-electron chi connectivity index (χ4n) is 2.43. The summed E-state index contributed by atoms with van der Waals surface area (Å²) >= 11 is 0. The van der Waals surface area contributed by atoms with Gasteiger partial charge in [-0.1, -0.05) is 45.9 Å². The summed E-state index contributed by atoms with van der Waals surface area (Å²) in [5.41, 5.74) is 12.8. The predicted octanol–water partition coefficient (Wildman–Crippen LogP) is 2.41. The number of guanidine groups is 1. The largest absolute Gasteiger partial charge is 0.369 e. The van der Waals surface area contributed by atoms with Crippen molar-refractivity contribution in [2.45, 2.75) is 34.2 Å². The Morgan fingerprint density at radius 2 is 1.77 bits per heavy atom. The average molecular weight is 303 g/mol. The van der Waals surface area contributed by atoms with Crippen LogP contribution in [0.3, 0.4) is 0 Å². The minimum absolute atomic E-state index is 0.0348. The van der Waals surface area contributed by atoms with Crippen molar-refractivity contribution in [1.29, 1.82) is 0 Å². The summed E-state index contributed by atoms with van der Waals surface area (Å²) in [6, 6.07) is 8.30. The molecule has 0 saturated carbocycles. The van der Waals surface area contributed by atoms with Crippen LogP contribution in [-0.2, 0) is 6.54 Å². The highest BCUT2D eigenvalue weighted by molar-refractivity contribution is 5.81. The van der Waals surface area contributed by atoms with Gasteiger partial charge in [-0.25, -0.2) is 0 Å². The molecule has 0 amide bonds. The van der Waals surface area contributed by atoms with Crippen LogP contribution < -0.4 is 11.5 Å². The lowest BCUT2D eigenvalue weighted by molar-refractivity contribution is 0.211. The number of rotatable bonds is 8. The molecule has 5 nitrogen and oxygen atoms in total. The normalized spacial score (nSPS) is 11.8. The lowest BCUT2D eigenvalue weighted by atomic mass is 10.1. The third-order valence-corrected chi connectivity index (χ3v) is 2.98. The second kappa shape index (κ2) is 9.20. The Balaban J connectivity index is 2.77. The van der Waals surface area contributed by atoms with E-state index >= 15 is 0 Å². The molecule has 1 aromatic carbocycles. The first-order valence-electron chi connectivity index (χ1n) is 7.80. The fraction of sp³-hybridized carbons (Fsp3) is 0.529. The van der Waals surface area contributed by atoms with Gasteiger partial charge >= 0.3 is 0 Å². The van der Waals surface area contributed by atoms with Crippen LogP contribution in [0.4, 0.5) is 0 Å². The van der Waals surface area contributed by atoms with Gasteiger partial charge in [0.15, 0.2) is 0 Å². The summed E-state index contributed by atoms with van der Waals surface area (Å²) in [6.45, 7) is 12.2. The molecule has 0 atom stereocenters. The van der Waals surface area contributed by atoms with Crippen LogP contribution in [0, 0.1) is 11.8 Å². The van der Waals surface area contributed by atoms with Gasteiger partial charge in [0.2, 0.25) is 5.96 Å². The SMILES string of the molecule is CC(C)CN(Cc1cccc(C=NN=C(N)N)c1)CC(C)C. The first kappa shape index (κ1) is 18.2. The van der Waals surface area contributed by atoms with E-state index in [-0.39, 0.29) is 5.96 Å². The number of nitrogens with zero attached hydrogens (tertiary/aromatic N) is 3. The summed E-state index contributed by atoms with van der Waals surface area (Å²) < 4.78 is 0. The van der Waals surface area contributed by atoms with Crippen LogP contribution in [0.15, 0.2) is 34.5 Å². The standard InChI is InChI=1S/C17H29N5/c1-13(2)10-22(11-14(3)4)12-16-7-5-6-15(8-16)9-20-21-17(18)19/h5-9,13-14H,10-12H2,1-4H3,(H4,18,19,21). The molecule has 0 spiro atoms. The van der Waals surface area contributed by atoms with Crippen molar-refractivity contribution in [1.82, 2.24) is 4.90 Å². The topological polar surface area (TPSA) is 80.0 Å². The number of hydrogen-bond donors (Lipinski definition) is 2. The molecule has 22 heavy (non-hydrogen) atoms. The average Bonchev–Trinajstić information content (AvgIpc) is 2.37. The lowest BCUT2D eigenvalue weighted by Crippen LogP contribution is -2.30. The summed E-state index contributed by atoms with van der Waals surface area (Å²) in [5, 5.41) is 7.48. The van der Waals surface area contributed by atoms with Gasteiger partial charge in [0, 0.05) is 19.6 Å². The van der Waals surface area contributed by atoms with Gasteiger partial charge in [0.25, 0.3) is 0 Å². The van der Waals surface area contributed by atoms with Crippen molar-refractivity contribution >= 4 is 12.2 Å². The van der Waals surface area contributed by atoms with Crippen LogP contribution in [0.5, 0.6) is 0 Å². The molecule has 0 bridgehead atoms. The van der Waals surface area contributed by atoms with Crippen LogP contribution in [0.1, 0.15) is 38.8 Å². The van der Waals surface area contributed by atoms with Crippen molar-refractivity contribution < 1.29 is 0 Å². The maximum atomic E-state index is 5.25. The third kappa shape index (κ3) is 7.78. The number of nitrogens with two attached hydrogens (primary N) is 2. The Morgan fingerprint density at radius 3 is 2.32 bits per heavy atom. The molecule has 5 heteroatoms. The lowest BCUT2D eigenvalue weighted by Gasteiger charge is -2.26. The molecule has 1 aromatic rings. The van der Waals surface area contributed by atoms with Crippen LogP contribution in [0.25, 0.3) is 0 Å². The van der Waals surface area contributed by atoms with E-state index in [1.165, 1.54) is 5.56 Å². The van der Waals surface area contributed by atoms with Crippen LogP contribution in [0.2, 0.25) is 0 Å². The Morgan fingerprint density at radius 1 is 1.14 bits per heavy atom. The molecular formula is C17H29N5. The zero-order valence-electron chi connectivity index (χ0n) is 14.2. The Bertz CT molecular complexity index is 492. The van der Waals surface area contributed by atoms with Gasteiger partial charge < -0.3 is 11.5 Å². The first-order valence-corrected chi connectivity index (χ1v) is 7.80. The monoisotopic (exact) mass is 303 g/mol. The number of benzene rings is 1. The molecule has 0 radical (unpaired) electrons. The molecule has 0 unspecified atom stereocenters. The fourth-order valence-corrected chi connectivity index (χ4v) is 2.43. The summed E-state index contributed by atoms with van der Waals surface area (Å²) in [5.74, 6) is 1.28. The third-order valence-electron chi connectivity index (χ3n) is 2.98. The van der Waals surface area contributed by atoms with Crippen LogP contribution >= 0.6 is 0 Å². The van der Waals surface area contributed by atoms with E-state index in [1.54, 1.807) is 6.21 Å². The quantitative estimate of drug-likeness (QED) is 0.439. The zero-order chi connectivity index (χ0) is 16.5. The highest BCUT2D eigenvalue weighted by atomic mass is 15.3. The Labute approximate surface area is 134 Å². The van der Waals surface area contributed by atoms with E-state index in [2.05, 4.69) is 54.9 Å². The molecule has 122 valence electrons. The second-order valence-electron chi connectivity index (χ2n) is 6.50. The van der Waals surface area contributed by atoms with Crippen molar-refractivity contribution in [2.75, 3.05) is 13.1 Å². The smallest absolute Gasteiger partial charge is 0.211 e. The van der Waals surface area contributed by atoms with Gasteiger partial charge in [0.05, 0.1) is 6.21 Å². The van der Waals surface area contributed by atoms with E-state index in [1.807, 2.05) is 12.1 Å². The minimum atomic E-state index is -0.0348. The summed E-state index contributed by atoms with van der Waals surface area (Å²) in [6.07, 6.45) is 1.67. The number of hydrogen-bond acceptors (Lipinski definition) is 3. The molecule has 0 aromatic heterocycles. The van der Waals surface area contributed by atoms with E-state index in [0.29, 0.717) is 11.8 Å². The van der Waals surface area contributed by atoms with E-state index in [4.69, 9.17) is 11.5 Å². The minimum Gasteiger partial charge on any atom is -0.369 e. The Kier molecular flexibility index (Phi) is 7.60. The maximum absolute atomic E-state index is 5.25. The van der Waals surface area contributed by atoms with Crippen molar-refractivity contribution in [3.05, 3.63) is 35.4 Å². The Hall–Kier alpha value is -1.88. The predicted molar refractivity (Wildman–Crippen MR) is 94.8 cm³/mol. The second-order valence-corrected chi connectivity index (χ2v) is 6.50. The van der Waals surface area contributed by atoms with E-state index < -0.39 is 0 Å². The molecule has 0 heterocycles. The zero-order valence-corrected chi connectivity index (χ0v) is 14.2. The summed E-state index contributed by atoms with van der Waals surface area (Å²) in [4.78, 5) is 2.50. The molecule has 4 N–H and O–H groups in total. The van der Waals surface area contributed by atoms with E-state index in [0.717, 1.165) is 25.2 Å². The molecule has 0 fully saturated rings. The highest BCUT2D eigenvalue weighted by Crippen LogP contribution is 2.11. The van der Waals surface area contributed by atoms with Gasteiger partial charge in [-0.05, 0) is 29.0 Å². The van der Waals surface area contributed by atoms with Crippen molar-refractivity contribution in [2.24, 2.45) is 33.5 Å². The van der Waals surface area contributed by atoms with Crippen molar-refractivity contribution in [3.8, 4) is 0 Å².